The highest BCUT2D eigenvalue weighted by atomic mass is 16.5. The predicted octanol–water partition coefficient (Wildman–Crippen LogP) is 2.60. The topological polar surface area (TPSA) is 29.5 Å². The predicted molar refractivity (Wildman–Crippen MR) is 59.7 cm³/mol. The van der Waals surface area contributed by atoms with Gasteiger partial charge < -0.3 is 9.84 Å². The Labute approximate surface area is 90.9 Å². The lowest BCUT2D eigenvalue weighted by Crippen LogP contribution is -2.18. The zero-order valence-corrected chi connectivity index (χ0v) is 9.31. The van der Waals surface area contributed by atoms with Gasteiger partial charge in [0.2, 0.25) is 0 Å². The first-order valence-electron chi connectivity index (χ1n) is 5.57. The van der Waals surface area contributed by atoms with Gasteiger partial charge in [-0.25, -0.2) is 0 Å². The van der Waals surface area contributed by atoms with Crippen LogP contribution in [0.3, 0.4) is 0 Å². The third-order valence-electron chi connectivity index (χ3n) is 3.00. The van der Waals surface area contributed by atoms with E-state index in [4.69, 9.17) is 4.74 Å². The molecule has 1 aromatic rings. The molecule has 1 aliphatic heterocycles. The molecule has 0 amide bonds. The smallest absolute Gasteiger partial charge is 0.105 e. The highest BCUT2D eigenvalue weighted by Gasteiger charge is 2.29. The summed E-state index contributed by atoms with van der Waals surface area (Å²) in [7, 11) is 0. The van der Waals surface area contributed by atoms with E-state index in [0.717, 1.165) is 18.4 Å². The Morgan fingerprint density at radius 3 is 2.80 bits per heavy atom. The molecule has 0 bridgehead atoms. The molecule has 0 spiro atoms. The van der Waals surface area contributed by atoms with Crippen LogP contribution >= 0.6 is 0 Å². The van der Waals surface area contributed by atoms with E-state index in [1.165, 1.54) is 5.56 Å². The number of aliphatic hydroxyl groups is 1. The lowest BCUT2D eigenvalue weighted by Gasteiger charge is -2.19. The van der Waals surface area contributed by atoms with Crippen LogP contribution in [-0.2, 0) is 4.74 Å². The minimum absolute atomic E-state index is 0.0261. The third-order valence-corrected chi connectivity index (χ3v) is 3.00. The zero-order valence-electron chi connectivity index (χ0n) is 9.31. The Morgan fingerprint density at radius 2 is 2.20 bits per heavy atom. The molecule has 0 saturated carbocycles. The van der Waals surface area contributed by atoms with Gasteiger partial charge >= 0.3 is 0 Å². The van der Waals surface area contributed by atoms with Crippen LogP contribution in [0.2, 0.25) is 0 Å². The number of hydrogen-bond acceptors (Lipinski definition) is 2. The van der Waals surface area contributed by atoms with E-state index in [-0.39, 0.29) is 12.2 Å². The van der Waals surface area contributed by atoms with E-state index < -0.39 is 6.10 Å². The summed E-state index contributed by atoms with van der Waals surface area (Å²) in [6.07, 6.45) is 1.79. The van der Waals surface area contributed by atoms with Gasteiger partial charge in [-0.3, -0.25) is 0 Å². The summed E-state index contributed by atoms with van der Waals surface area (Å²) in [5, 5.41) is 10.1. The molecule has 1 aliphatic rings. The van der Waals surface area contributed by atoms with Crippen molar-refractivity contribution in [2.45, 2.75) is 45.0 Å². The fraction of sp³-hybridized carbons (Fsp3) is 0.538. The van der Waals surface area contributed by atoms with Crippen LogP contribution in [0.4, 0.5) is 0 Å². The first kappa shape index (κ1) is 10.7. The van der Waals surface area contributed by atoms with Gasteiger partial charge in [-0.2, -0.15) is 0 Å². The lowest BCUT2D eigenvalue weighted by atomic mass is 10.0. The number of aliphatic hydroxyl groups excluding tert-OH is 1. The summed E-state index contributed by atoms with van der Waals surface area (Å²) in [6, 6.07) is 8.00. The summed E-state index contributed by atoms with van der Waals surface area (Å²) < 4.78 is 5.67. The number of hydrogen-bond donors (Lipinski definition) is 1. The van der Waals surface area contributed by atoms with Gasteiger partial charge in [-0.05, 0) is 32.3 Å². The first-order valence-corrected chi connectivity index (χ1v) is 5.57. The monoisotopic (exact) mass is 206 g/mol. The molecule has 0 aliphatic carbocycles. The molecule has 1 saturated heterocycles. The second kappa shape index (κ2) is 4.33. The molecule has 2 heteroatoms. The fourth-order valence-corrected chi connectivity index (χ4v) is 2.13. The Hall–Kier alpha value is -0.860. The van der Waals surface area contributed by atoms with Crippen molar-refractivity contribution in [2.24, 2.45) is 0 Å². The minimum Gasteiger partial charge on any atom is -0.386 e. The van der Waals surface area contributed by atoms with Crippen LogP contribution in [0.1, 0.15) is 37.0 Å². The van der Waals surface area contributed by atoms with Gasteiger partial charge in [-0.15, -0.1) is 0 Å². The summed E-state index contributed by atoms with van der Waals surface area (Å²) >= 11 is 0. The van der Waals surface area contributed by atoms with Gasteiger partial charge in [0, 0.05) is 0 Å². The van der Waals surface area contributed by atoms with Gasteiger partial charge in [0.25, 0.3) is 0 Å². The van der Waals surface area contributed by atoms with E-state index in [1.807, 2.05) is 31.2 Å². The second-order valence-corrected chi connectivity index (χ2v) is 4.42. The average Bonchev–Trinajstić information content (AvgIpc) is 2.64. The molecule has 0 radical (unpaired) electrons. The van der Waals surface area contributed by atoms with Crippen LogP contribution in [0.5, 0.6) is 0 Å². The van der Waals surface area contributed by atoms with Crippen LogP contribution < -0.4 is 0 Å². The van der Waals surface area contributed by atoms with Crippen molar-refractivity contribution in [1.29, 1.82) is 0 Å². The van der Waals surface area contributed by atoms with Gasteiger partial charge in [0.05, 0.1) is 12.2 Å². The zero-order chi connectivity index (χ0) is 10.8. The molecule has 1 aromatic carbocycles. The standard InChI is InChI=1S/C13H18O2/c1-9-4-3-5-11(8-9)13(14)12-7-6-10(2)15-12/h3-5,8,10,12-14H,6-7H2,1-2H3. The molecule has 2 nitrogen and oxygen atoms in total. The highest BCUT2D eigenvalue weighted by molar-refractivity contribution is 5.24. The molecule has 3 unspecified atom stereocenters. The Kier molecular flexibility index (Phi) is 3.08. The molecular weight excluding hydrogens is 188 g/mol. The maximum atomic E-state index is 10.1. The van der Waals surface area contributed by atoms with E-state index in [9.17, 15) is 5.11 Å². The van der Waals surface area contributed by atoms with E-state index >= 15 is 0 Å². The van der Waals surface area contributed by atoms with E-state index in [2.05, 4.69) is 6.92 Å². The Balaban J connectivity index is 2.10. The second-order valence-electron chi connectivity index (χ2n) is 4.42. The van der Waals surface area contributed by atoms with Gasteiger partial charge in [0.15, 0.2) is 0 Å². The normalized spacial score (nSPS) is 27.9. The number of benzene rings is 1. The van der Waals surface area contributed by atoms with E-state index in [1.54, 1.807) is 0 Å². The molecule has 2 rings (SSSR count). The summed E-state index contributed by atoms with van der Waals surface area (Å²) in [5.41, 5.74) is 2.15. The third kappa shape index (κ3) is 2.39. The molecule has 0 aromatic heterocycles. The van der Waals surface area contributed by atoms with Crippen LogP contribution in [0.15, 0.2) is 24.3 Å². The average molecular weight is 206 g/mol. The quantitative estimate of drug-likeness (QED) is 0.806. The SMILES string of the molecule is Cc1cccc(C(O)C2CCC(C)O2)c1. The first-order chi connectivity index (χ1) is 7.16. The van der Waals surface area contributed by atoms with Gasteiger partial charge in [0.1, 0.15) is 6.10 Å². The summed E-state index contributed by atoms with van der Waals surface area (Å²) in [5.74, 6) is 0. The number of aryl methyl sites for hydroxylation is 1. The van der Waals surface area contributed by atoms with Crippen LogP contribution in [0, 0.1) is 6.92 Å². The van der Waals surface area contributed by atoms with Crippen LogP contribution in [-0.4, -0.2) is 17.3 Å². The highest BCUT2D eigenvalue weighted by Crippen LogP contribution is 2.30. The molecule has 1 N–H and O–H groups in total. The summed E-state index contributed by atoms with van der Waals surface area (Å²) in [4.78, 5) is 0. The number of ether oxygens (including phenoxy) is 1. The lowest BCUT2D eigenvalue weighted by molar-refractivity contribution is -0.0297. The molecule has 1 heterocycles. The van der Waals surface area contributed by atoms with Crippen molar-refractivity contribution in [1.82, 2.24) is 0 Å². The molecule has 1 fully saturated rings. The van der Waals surface area contributed by atoms with Crippen molar-refractivity contribution in [3.63, 3.8) is 0 Å². The van der Waals surface area contributed by atoms with Crippen molar-refractivity contribution in [3.05, 3.63) is 35.4 Å². The Morgan fingerprint density at radius 1 is 1.40 bits per heavy atom. The van der Waals surface area contributed by atoms with Crippen molar-refractivity contribution >= 4 is 0 Å². The molecular formula is C13H18O2. The van der Waals surface area contributed by atoms with Crippen LogP contribution in [0.25, 0.3) is 0 Å². The maximum Gasteiger partial charge on any atom is 0.105 e. The van der Waals surface area contributed by atoms with Gasteiger partial charge in [-0.1, -0.05) is 29.8 Å². The van der Waals surface area contributed by atoms with Crippen molar-refractivity contribution in [2.75, 3.05) is 0 Å². The number of rotatable bonds is 2. The maximum absolute atomic E-state index is 10.1. The minimum atomic E-state index is -0.477. The Bertz CT molecular complexity index is 335. The molecule has 15 heavy (non-hydrogen) atoms. The van der Waals surface area contributed by atoms with Crippen molar-refractivity contribution in [3.8, 4) is 0 Å². The fourth-order valence-electron chi connectivity index (χ4n) is 2.13. The molecule has 3 atom stereocenters. The van der Waals surface area contributed by atoms with E-state index in [0.29, 0.717) is 0 Å². The largest absolute Gasteiger partial charge is 0.386 e. The molecule has 82 valence electrons. The summed E-state index contributed by atoms with van der Waals surface area (Å²) in [6.45, 7) is 4.09. The van der Waals surface area contributed by atoms with Crippen molar-refractivity contribution < 1.29 is 9.84 Å².